The van der Waals surface area contributed by atoms with Gasteiger partial charge in [0.05, 0.1) is 6.54 Å². The largest absolute Gasteiger partial charge is 0.550 e. The van der Waals surface area contributed by atoms with Crippen LogP contribution in [0.25, 0.3) is 10.8 Å². The van der Waals surface area contributed by atoms with Crippen molar-refractivity contribution in [2.24, 2.45) is 0 Å². The molecule has 3 heteroatoms. The fraction of sp³-hybridized carbons (Fsp3) is 0.214. The van der Waals surface area contributed by atoms with E-state index in [4.69, 9.17) is 0 Å². The monoisotopic (exact) mass is 231 g/mol. The summed E-state index contributed by atoms with van der Waals surface area (Å²) in [6.07, 6.45) is -0.0264. The highest BCUT2D eigenvalue weighted by Crippen LogP contribution is 2.18. The van der Waals surface area contributed by atoms with Gasteiger partial charge in [0.25, 0.3) is 0 Å². The van der Waals surface area contributed by atoms with Gasteiger partial charge in [0, 0.05) is 12.4 Å². The Morgan fingerprint density at radius 3 is 2.41 bits per heavy atom. The molecule has 90 valence electrons. The minimum atomic E-state index is -1.04. The summed E-state index contributed by atoms with van der Waals surface area (Å²) in [6.45, 7) is 3.01. The van der Waals surface area contributed by atoms with Gasteiger partial charge in [-0.05, 0) is 23.3 Å². The van der Waals surface area contributed by atoms with E-state index < -0.39 is 5.97 Å². The van der Waals surface area contributed by atoms with E-state index >= 15 is 0 Å². The summed E-state index contributed by atoms with van der Waals surface area (Å²) in [5.41, 5.74) is 4.29. The topological polar surface area (TPSA) is 67.8 Å². The SMILES string of the molecule is CC[NH3+].O=C([O-])Cc1cccc2ccccc12. The Morgan fingerprint density at radius 1 is 1.18 bits per heavy atom. The Bertz CT molecular complexity index is 489. The summed E-state index contributed by atoms with van der Waals surface area (Å²) in [7, 11) is 0. The zero-order valence-electron chi connectivity index (χ0n) is 9.98. The fourth-order valence-electron chi connectivity index (χ4n) is 1.60. The molecule has 0 aliphatic rings. The molecule has 2 aromatic carbocycles. The Hall–Kier alpha value is -1.87. The minimum absolute atomic E-state index is 0.0264. The van der Waals surface area contributed by atoms with Gasteiger partial charge in [0.1, 0.15) is 0 Å². The molecule has 0 atom stereocenters. The summed E-state index contributed by atoms with van der Waals surface area (Å²) >= 11 is 0. The van der Waals surface area contributed by atoms with E-state index in [1.807, 2.05) is 49.4 Å². The first kappa shape index (κ1) is 13.2. The highest BCUT2D eigenvalue weighted by molar-refractivity contribution is 5.88. The van der Waals surface area contributed by atoms with Crippen LogP contribution in [0.4, 0.5) is 0 Å². The Labute approximate surface area is 101 Å². The van der Waals surface area contributed by atoms with Gasteiger partial charge in [-0.2, -0.15) is 0 Å². The minimum Gasteiger partial charge on any atom is -0.550 e. The molecular formula is C14H17NO2. The molecule has 0 bridgehead atoms. The molecule has 0 heterocycles. The van der Waals surface area contributed by atoms with E-state index in [2.05, 4.69) is 5.73 Å². The Morgan fingerprint density at radius 2 is 1.76 bits per heavy atom. The maximum atomic E-state index is 10.5. The van der Waals surface area contributed by atoms with Crippen molar-refractivity contribution in [2.45, 2.75) is 13.3 Å². The predicted molar refractivity (Wildman–Crippen MR) is 66.1 cm³/mol. The smallest absolute Gasteiger partial charge is 0.0711 e. The number of carbonyl (C=O) groups excluding carboxylic acids is 1. The van der Waals surface area contributed by atoms with Crippen LogP contribution in [0, 0.1) is 0 Å². The summed E-state index contributed by atoms with van der Waals surface area (Å²) in [5, 5.41) is 12.5. The van der Waals surface area contributed by atoms with Crippen LogP contribution in [0.15, 0.2) is 42.5 Å². The molecule has 2 aromatic rings. The lowest BCUT2D eigenvalue weighted by molar-refractivity contribution is -0.361. The van der Waals surface area contributed by atoms with Gasteiger partial charge >= 0.3 is 0 Å². The number of aliphatic carboxylic acids is 1. The van der Waals surface area contributed by atoms with Gasteiger partial charge in [-0.3, -0.25) is 0 Å². The van der Waals surface area contributed by atoms with Crippen LogP contribution in [0.1, 0.15) is 12.5 Å². The zero-order valence-corrected chi connectivity index (χ0v) is 9.98. The molecule has 2 rings (SSSR count). The van der Waals surface area contributed by atoms with Crippen molar-refractivity contribution >= 4 is 16.7 Å². The fourth-order valence-corrected chi connectivity index (χ4v) is 1.60. The van der Waals surface area contributed by atoms with Crippen LogP contribution >= 0.6 is 0 Å². The molecule has 0 aliphatic carbocycles. The Kier molecular flexibility index (Phi) is 5.17. The van der Waals surface area contributed by atoms with Gasteiger partial charge in [-0.15, -0.1) is 0 Å². The number of rotatable bonds is 2. The van der Waals surface area contributed by atoms with Crippen LogP contribution in [0.2, 0.25) is 0 Å². The average Bonchev–Trinajstić information content (AvgIpc) is 2.30. The molecule has 3 N–H and O–H groups in total. The standard InChI is InChI=1S/C12H10O2.C2H7N/c13-12(14)8-10-6-3-5-9-4-1-2-7-11(9)10;1-2-3/h1-7H,8H2,(H,13,14);2-3H2,1H3. The van der Waals surface area contributed by atoms with Gasteiger partial charge in [-0.25, -0.2) is 0 Å². The van der Waals surface area contributed by atoms with E-state index in [9.17, 15) is 9.90 Å². The number of hydrogen-bond acceptors (Lipinski definition) is 2. The van der Waals surface area contributed by atoms with Crippen LogP contribution in [-0.4, -0.2) is 12.5 Å². The number of quaternary nitrogens is 1. The summed E-state index contributed by atoms with van der Waals surface area (Å²) < 4.78 is 0. The number of carbonyl (C=O) groups is 1. The normalized spacial score (nSPS) is 9.53. The highest BCUT2D eigenvalue weighted by Gasteiger charge is 1.99. The number of fused-ring (bicyclic) bond motifs is 1. The second-order valence-corrected chi connectivity index (χ2v) is 3.69. The first-order chi connectivity index (χ1) is 8.19. The highest BCUT2D eigenvalue weighted by atomic mass is 16.4. The lowest BCUT2D eigenvalue weighted by Crippen LogP contribution is -2.48. The van der Waals surface area contributed by atoms with E-state index in [0.717, 1.165) is 22.9 Å². The van der Waals surface area contributed by atoms with Gasteiger partial charge in [-0.1, -0.05) is 42.5 Å². The number of hydrogen-bond donors (Lipinski definition) is 1. The van der Waals surface area contributed by atoms with Gasteiger partial charge < -0.3 is 15.6 Å². The molecule has 0 fully saturated rings. The van der Waals surface area contributed by atoms with Crippen molar-refractivity contribution in [2.75, 3.05) is 6.54 Å². The molecule has 0 spiro atoms. The molecule has 0 aromatic heterocycles. The number of carboxylic acids is 1. The maximum Gasteiger partial charge on any atom is 0.0711 e. The van der Waals surface area contributed by atoms with Crippen molar-refractivity contribution in [3.63, 3.8) is 0 Å². The van der Waals surface area contributed by atoms with E-state index in [1.165, 1.54) is 0 Å². The van der Waals surface area contributed by atoms with E-state index in [0.29, 0.717) is 0 Å². The zero-order chi connectivity index (χ0) is 12.7. The first-order valence-corrected chi connectivity index (χ1v) is 5.64. The third-order valence-electron chi connectivity index (χ3n) is 2.21. The summed E-state index contributed by atoms with van der Waals surface area (Å²) in [5.74, 6) is -1.04. The van der Waals surface area contributed by atoms with Crippen molar-refractivity contribution in [1.82, 2.24) is 0 Å². The third kappa shape index (κ3) is 3.89. The second kappa shape index (κ2) is 6.66. The van der Waals surface area contributed by atoms with Crippen molar-refractivity contribution < 1.29 is 15.6 Å². The summed E-state index contributed by atoms with van der Waals surface area (Å²) in [6, 6.07) is 13.4. The van der Waals surface area contributed by atoms with Crippen LogP contribution in [0.3, 0.4) is 0 Å². The number of carboxylic acid groups (broad SMARTS) is 1. The quantitative estimate of drug-likeness (QED) is 0.812. The molecule has 0 saturated heterocycles. The van der Waals surface area contributed by atoms with Crippen molar-refractivity contribution in [1.29, 1.82) is 0 Å². The molecule has 0 radical (unpaired) electrons. The van der Waals surface area contributed by atoms with E-state index in [1.54, 1.807) is 0 Å². The van der Waals surface area contributed by atoms with Crippen molar-refractivity contribution in [3.8, 4) is 0 Å². The van der Waals surface area contributed by atoms with Crippen LogP contribution < -0.4 is 10.8 Å². The van der Waals surface area contributed by atoms with Crippen LogP contribution in [-0.2, 0) is 11.2 Å². The van der Waals surface area contributed by atoms with Gasteiger partial charge in [0.15, 0.2) is 0 Å². The predicted octanol–water partition coefficient (Wildman–Crippen LogP) is 0.380. The molecule has 0 amide bonds. The van der Waals surface area contributed by atoms with E-state index in [-0.39, 0.29) is 6.42 Å². The lowest BCUT2D eigenvalue weighted by Gasteiger charge is -2.06. The molecule has 0 unspecified atom stereocenters. The molecular weight excluding hydrogens is 214 g/mol. The molecule has 0 aliphatic heterocycles. The average molecular weight is 231 g/mol. The summed E-state index contributed by atoms with van der Waals surface area (Å²) in [4.78, 5) is 10.5. The second-order valence-electron chi connectivity index (χ2n) is 3.69. The Balaban J connectivity index is 0.000000437. The van der Waals surface area contributed by atoms with Crippen molar-refractivity contribution in [3.05, 3.63) is 48.0 Å². The molecule has 0 saturated carbocycles. The number of benzene rings is 2. The van der Waals surface area contributed by atoms with Gasteiger partial charge in [0.2, 0.25) is 0 Å². The lowest BCUT2D eigenvalue weighted by atomic mass is 10.0. The van der Waals surface area contributed by atoms with Crippen LogP contribution in [0.5, 0.6) is 0 Å². The third-order valence-corrected chi connectivity index (χ3v) is 2.21. The molecule has 17 heavy (non-hydrogen) atoms. The molecule has 3 nitrogen and oxygen atoms in total. The maximum absolute atomic E-state index is 10.5. The first-order valence-electron chi connectivity index (χ1n) is 5.64.